The minimum Gasteiger partial charge on any atom is -0.396 e. The van der Waals surface area contributed by atoms with Gasteiger partial charge in [-0.3, -0.25) is 0 Å². The van der Waals surface area contributed by atoms with Crippen LogP contribution in [0.5, 0.6) is 0 Å². The maximum absolute atomic E-state index is 8.51. The van der Waals surface area contributed by atoms with Crippen molar-refractivity contribution in [3.63, 3.8) is 0 Å². The monoisotopic (exact) mass is 152 g/mol. The van der Waals surface area contributed by atoms with E-state index in [1.54, 1.807) is 0 Å². The SMILES string of the molecule is C#CCCC/C(C)=C/CCO. The molecule has 0 spiro atoms. The molecule has 0 amide bonds. The van der Waals surface area contributed by atoms with Gasteiger partial charge in [0, 0.05) is 13.0 Å². The molecule has 0 fully saturated rings. The third kappa shape index (κ3) is 7.15. The molecule has 11 heavy (non-hydrogen) atoms. The Kier molecular flexibility index (Phi) is 6.87. The first-order chi connectivity index (χ1) is 5.31. The smallest absolute Gasteiger partial charge is 0.0465 e. The molecule has 0 bridgehead atoms. The van der Waals surface area contributed by atoms with Crippen molar-refractivity contribution >= 4 is 0 Å². The van der Waals surface area contributed by atoms with Gasteiger partial charge in [0.05, 0.1) is 0 Å². The van der Waals surface area contributed by atoms with Gasteiger partial charge in [-0.1, -0.05) is 11.6 Å². The normalized spacial score (nSPS) is 11.2. The predicted molar refractivity (Wildman–Crippen MR) is 48.1 cm³/mol. The molecule has 0 aromatic heterocycles. The summed E-state index contributed by atoms with van der Waals surface area (Å²) in [4.78, 5) is 0. The van der Waals surface area contributed by atoms with Crippen molar-refractivity contribution in [3.8, 4) is 12.3 Å². The van der Waals surface area contributed by atoms with Gasteiger partial charge in [0.2, 0.25) is 0 Å². The lowest BCUT2D eigenvalue weighted by atomic mass is 10.1. The molecule has 0 aromatic rings. The van der Waals surface area contributed by atoms with Gasteiger partial charge in [-0.05, 0) is 26.2 Å². The Balaban J connectivity index is 3.36. The van der Waals surface area contributed by atoms with Crippen LogP contribution in [0.1, 0.15) is 32.6 Å². The van der Waals surface area contributed by atoms with Crippen LogP contribution in [0.2, 0.25) is 0 Å². The van der Waals surface area contributed by atoms with Gasteiger partial charge in [0.25, 0.3) is 0 Å². The fourth-order valence-corrected chi connectivity index (χ4v) is 0.882. The predicted octanol–water partition coefficient (Wildman–Crippen LogP) is 2.12. The lowest BCUT2D eigenvalue weighted by molar-refractivity contribution is 0.302. The lowest BCUT2D eigenvalue weighted by Gasteiger charge is -1.97. The summed E-state index contributed by atoms with van der Waals surface area (Å²) in [7, 11) is 0. The molecule has 1 nitrogen and oxygen atoms in total. The van der Waals surface area contributed by atoms with E-state index in [4.69, 9.17) is 11.5 Å². The Morgan fingerprint density at radius 1 is 1.64 bits per heavy atom. The van der Waals surface area contributed by atoms with E-state index in [-0.39, 0.29) is 6.61 Å². The molecule has 0 aliphatic heterocycles. The summed E-state index contributed by atoms with van der Waals surface area (Å²) in [5.41, 5.74) is 1.33. The largest absolute Gasteiger partial charge is 0.396 e. The van der Waals surface area contributed by atoms with Crippen LogP contribution >= 0.6 is 0 Å². The average molecular weight is 152 g/mol. The zero-order valence-corrected chi connectivity index (χ0v) is 7.14. The standard InChI is InChI=1S/C10H16O/c1-3-4-5-7-10(2)8-6-9-11/h1,8,11H,4-7,9H2,2H3/b10-8+. The van der Waals surface area contributed by atoms with Crippen LogP contribution in [-0.2, 0) is 0 Å². The van der Waals surface area contributed by atoms with Gasteiger partial charge in [-0.15, -0.1) is 12.3 Å². The minimum absolute atomic E-state index is 0.243. The molecule has 1 N–H and O–H groups in total. The molecular formula is C10H16O. The molecule has 0 saturated carbocycles. The van der Waals surface area contributed by atoms with Crippen LogP contribution in [0.15, 0.2) is 11.6 Å². The van der Waals surface area contributed by atoms with E-state index in [9.17, 15) is 0 Å². The number of hydrogen-bond acceptors (Lipinski definition) is 1. The summed E-state index contributed by atoms with van der Waals surface area (Å²) < 4.78 is 0. The quantitative estimate of drug-likeness (QED) is 0.363. The second-order valence-electron chi connectivity index (χ2n) is 2.62. The molecule has 0 aliphatic rings. The number of terminal acetylenes is 1. The second kappa shape index (κ2) is 7.37. The summed E-state index contributed by atoms with van der Waals surface area (Å²) in [5.74, 6) is 2.60. The van der Waals surface area contributed by atoms with Crippen LogP contribution in [0.25, 0.3) is 0 Å². The van der Waals surface area contributed by atoms with E-state index in [2.05, 4.69) is 18.9 Å². The first-order valence-corrected chi connectivity index (χ1v) is 4.01. The second-order valence-corrected chi connectivity index (χ2v) is 2.62. The fourth-order valence-electron chi connectivity index (χ4n) is 0.882. The van der Waals surface area contributed by atoms with E-state index in [1.165, 1.54) is 5.57 Å². The maximum atomic E-state index is 8.51. The Bertz CT molecular complexity index is 151. The highest BCUT2D eigenvalue weighted by atomic mass is 16.2. The van der Waals surface area contributed by atoms with Crippen LogP contribution < -0.4 is 0 Å². The summed E-state index contributed by atoms with van der Waals surface area (Å²) in [6.45, 7) is 2.32. The van der Waals surface area contributed by atoms with Gasteiger partial charge in [-0.25, -0.2) is 0 Å². The number of allylic oxidation sites excluding steroid dienone is 1. The Labute approximate surface area is 69.1 Å². The topological polar surface area (TPSA) is 20.2 Å². The number of rotatable bonds is 5. The summed E-state index contributed by atoms with van der Waals surface area (Å²) in [6.07, 6.45) is 10.9. The van der Waals surface area contributed by atoms with Crippen molar-refractivity contribution in [2.75, 3.05) is 6.61 Å². The molecule has 0 heterocycles. The van der Waals surface area contributed by atoms with E-state index in [1.807, 2.05) is 0 Å². The fraction of sp³-hybridized carbons (Fsp3) is 0.600. The van der Waals surface area contributed by atoms with E-state index in [0.717, 1.165) is 25.7 Å². The first kappa shape index (κ1) is 10.3. The van der Waals surface area contributed by atoms with Crippen LogP contribution in [-0.4, -0.2) is 11.7 Å². The van der Waals surface area contributed by atoms with Gasteiger partial charge >= 0.3 is 0 Å². The van der Waals surface area contributed by atoms with Gasteiger partial charge in [-0.2, -0.15) is 0 Å². The lowest BCUT2D eigenvalue weighted by Crippen LogP contribution is -1.81. The van der Waals surface area contributed by atoms with Crippen molar-refractivity contribution < 1.29 is 5.11 Å². The molecule has 0 saturated heterocycles. The van der Waals surface area contributed by atoms with Gasteiger partial charge < -0.3 is 5.11 Å². The minimum atomic E-state index is 0.243. The molecule has 0 rings (SSSR count). The molecular weight excluding hydrogens is 136 g/mol. The highest BCUT2D eigenvalue weighted by Gasteiger charge is 1.88. The van der Waals surface area contributed by atoms with Crippen LogP contribution in [0, 0.1) is 12.3 Å². The number of hydrogen-bond donors (Lipinski definition) is 1. The maximum Gasteiger partial charge on any atom is 0.0465 e. The van der Waals surface area contributed by atoms with Crippen molar-refractivity contribution in [1.82, 2.24) is 0 Å². The molecule has 0 aromatic carbocycles. The van der Waals surface area contributed by atoms with Crippen LogP contribution in [0.4, 0.5) is 0 Å². The van der Waals surface area contributed by atoms with Gasteiger partial charge in [0.1, 0.15) is 0 Å². The molecule has 0 radical (unpaired) electrons. The number of aliphatic hydroxyl groups is 1. The van der Waals surface area contributed by atoms with Crippen LogP contribution in [0.3, 0.4) is 0 Å². The summed E-state index contributed by atoms with van der Waals surface area (Å²) >= 11 is 0. The first-order valence-electron chi connectivity index (χ1n) is 4.01. The summed E-state index contributed by atoms with van der Waals surface area (Å²) in [6, 6.07) is 0. The third-order valence-electron chi connectivity index (χ3n) is 1.51. The number of unbranched alkanes of at least 4 members (excludes halogenated alkanes) is 1. The van der Waals surface area contributed by atoms with E-state index < -0.39 is 0 Å². The number of aliphatic hydroxyl groups excluding tert-OH is 1. The molecule has 0 aliphatic carbocycles. The average Bonchev–Trinajstić information content (AvgIpc) is 2.01. The van der Waals surface area contributed by atoms with Crippen molar-refractivity contribution in [1.29, 1.82) is 0 Å². The molecule has 0 unspecified atom stereocenters. The van der Waals surface area contributed by atoms with Crippen molar-refractivity contribution in [2.24, 2.45) is 0 Å². The summed E-state index contributed by atoms with van der Waals surface area (Å²) in [5, 5.41) is 8.51. The Morgan fingerprint density at radius 3 is 2.91 bits per heavy atom. The van der Waals surface area contributed by atoms with Crippen molar-refractivity contribution in [2.45, 2.75) is 32.6 Å². The highest BCUT2D eigenvalue weighted by Crippen LogP contribution is 2.06. The molecule has 62 valence electrons. The molecule has 0 atom stereocenters. The highest BCUT2D eigenvalue weighted by molar-refractivity contribution is 4.98. The zero-order chi connectivity index (χ0) is 8.53. The Morgan fingerprint density at radius 2 is 2.36 bits per heavy atom. The third-order valence-corrected chi connectivity index (χ3v) is 1.51. The van der Waals surface area contributed by atoms with E-state index >= 15 is 0 Å². The zero-order valence-electron chi connectivity index (χ0n) is 7.14. The van der Waals surface area contributed by atoms with Crippen molar-refractivity contribution in [3.05, 3.63) is 11.6 Å². The van der Waals surface area contributed by atoms with E-state index in [0.29, 0.717) is 0 Å². The molecule has 1 heteroatoms. The Hall–Kier alpha value is -0.740. The van der Waals surface area contributed by atoms with Gasteiger partial charge in [0.15, 0.2) is 0 Å².